The van der Waals surface area contributed by atoms with E-state index in [2.05, 4.69) is 44.7 Å². The maximum atomic E-state index is 13.1. The summed E-state index contributed by atoms with van der Waals surface area (Å²) in [6, 6.07) is 10.9. The van der Waals surface area contributed by atoms with Crippen LogP contribution in [0.3, 0.4) is 0 Å². The van der Waals surface area contributed by atoms with Crippen molar-refractivity contribution in [2.45, 2.75) is 90.6 Å². The molecule has 0 heterocycles. The second kappa shape index (κ2) is 8.95. The lowest BCUT2D eigenvalue weighted by molar-refractivity contribution is -0.122. The smallest absolute Gasteiger partial charge is 0.253 e. The van der Waals surface area contributed by atoms with Crippen LogP contribution in [0.1, 0.15) is 88.9 Å². The molecule has 0 saturated heterocycles. The van der Waals surface area contributed by atoms with Gasteiger partial charge in [0, 0.05) is 24.7 Å². The zero-order valence-corrected chi connectivity index (χ0v) is 22.6. The predicted molar refractivity (Wildman–Crippen MR) is 141 cm³/mol. The van der Waals surface area contributed by atoms with Gasteiger partial charge in [0.1, 0.15) is 0 Å². The fourth-order valence-electron chi connectivity index (χ4n) is 9.73. The lowest BCUT2D eigenvalue weighted by Crippen LogP contribution is -2.56. The average molecular weight is 465 g/mol. The van der Waals surface area contributed by atoms with Gasteiger partial charge in [-0.3, -0.25) is 4.79 Å². The van der Waals surface area contributed by atoms with Crippen LogP contribution < -0.4 is 0 Å². The largest absolute Gasteiger partial charge is 0.339 e. The highest BCUT2D eigenvalue weighted by molar-refractivity contribution is 5.94. The van der Waals surface area contributed by atoms with E-state index in [1.54, 1.807) is 0 Å². The van der Waals surface area contributed by atoms with Crippen molar-refractivity contribution in [3.05, 3.63) is 35.9 Å². The molecule has 0 radical (unpaired) electrons. The highest BCUT2D eigenvalue weighted by Crippen LogP contribution is 2.68. The van der Waals surface area contributed by atoms with Crippen LogP contribution in [-0.4, -0.2) is 48.9 Å². The van der Waals surface area contributed by atoms with Crippen LogP contribution in [0, 0.1) is 40.4 Å². The standard InChI is InChI=1S/C31H48N2O/c1-21(32(4)5)26-14-15-27-25-13-12-23-20-24(33(6)29(34)22-10-8-7-9-11-22)16-18-30(23,2)28(25)17-19-31(26,27)3/h7-11,21,23-28H,12-20H2,1-6H3/t21-,23-,24+,25-,26+,27-,28-,30-,31+/m0/s1. The molecule has 0 bridgehead atoms. The summed E-state index contributed by atoms with van der Waals surface area (Å²) < 4.78 is 0. The van der Waals surface area contributed by atoms with Crippen LogP contribution in [-0.2, 0) is 0 Å². The van der Waals surface area contributed by atoms with E-state index in [9.17, 15) is 4.79 Å². The molecule has 4 saturated carbocycles. The lowest BCUT2D eigenvalue weighted by Gasteiger charge is -2.62. The molecule has 3 nitrogen and oxygen atoms in total. The summed E-state index contributed by atoms with van der Waals surface area (Å²) in [5.41, 5.74) is 1.84. The van der Waals surface area contributed by atoms with Crippen molar-refractivity contribution in [2.75, 3.05) is 21.1 Å². The zero-order chi connectivity index (χ0) is 24.3. The molecule has 4 aliphatic rings. The van der Waals surface area contributed by atoms with Crippen molar-refractivity contribution in [3.8, 4) is 0 Å². The molecular formula is C31H48N2O. The molecule has 34 heavy (non-hydrogen) atoms. The fourth-order valence-corrected chi connectivity index (χ4v) is 9.73. The Kier molecular flexibility index (Phi) is 6.41. The van der Waals surface area contributed by atoms with Gasteiger partial charge in [-0.15, -0.1) is 0 Å². The number of carbonyl (C=O) groups excluding carboxylic acids is 1. The minimum atomic E-state index is 0.198. The Hall–Kier alpha value is -1.35. The molecule has 0 unspecified atom stereocenters. The number of benzene rings is 1. The van der Waals surface area contributed by atoms with Crippen molar-refractivity contribution in [2.24, 2.45) is 40.4 Å². The minimum Gasteiger partial charge on any atom is -0.339 e. The van der Waals surface area contributed by atoms with Crippen LogP contribution in [0.2, 0.25) is 0 Å². The molecule has 1 aromatic rings. The number of rotatable bonds is 4. The van der Waals surface area contributed by atoms with Crippen molar-refractivity contribution in [3.63, 3.8) is 0 Å². The van der Waals surface area contributed by atoms with Crippen LogP contribution in [0.15, 0.2) is 30.3 Å². The van der Waals surface area contributed by atoms with Gasteiger partial charge < -0.3 is 9.80 Å². The first-order chi connectivity index (χ1) is 16.2. The van der Waals surface area contributed by atoms with E-state index >= 15 is 0 Å². The third-order valence-corrected chi connectivity index (χ3v) is 12.0. The van der Waals surface area contributed by atoms with Gasteiger partial charge in [-0.05, 0) is 131 Å². The van der Waals surface area contributed by atoms with E-state index in [1.165, 1.54) is 57.8 Å². The molecule has 0 N–H and O–H groups in total. The third kappa shape index (κ3) is 3.76. The Labute approximate surface area is 208 Å². The molecule has 0 aromatic heterocycles. The molecule has 4 aliphatic carbocycles. The summed E-state index contributed by atoms with van der Waals surface area (Å²) in [6.45, 7) is 7.79. The number of amides is 1. The average Bonchev–Trinajstić information content (AvgIpc) is 3.19. The maximum absolute atomic E-state index is 13.1. The first kappa shape index (κ1) is 24.3. The monoisotopic (exact) mass is 464 g/mol. The van der Waals surface area contributed by atoms with Crippen molar-refractivity contribution >= 4 is 5.91 Å². The first-order valence-corrected chi connectivity index (χ1v) is 14.2. The summed E-state index contributed by atoms with van der Waals surface area (Å²) in [4.78, 5) is 17.7. The minimum absolute atomic E-state index is 0.198. The third-order valence-electron chi connectivity index (χ3n) is 12.0. The number of hydrogen-bond donors (Lipinski definition) is 0. The molecule has 188 valence electrons. The van der Waals surface area contributed by atoms with Gasteiger partial charge in [0.2, 0.25) is 0 Å². The Morgan fingerprint density at radius 3 is 2.26 bits per heavy atom. The highest BCUT2D eigenvalue weighted by atomic mass is 16.2. The molecular weight excluding hydrogens is 416 g/mol. The van der Waals surface area contributed by atoms with E-state index in [0.29, 0.717) is 22.9 Å². The van der Waals surface area contributed by atoms with Gasteiger partial charge in [-0.1, -0.05) is 32.0 Å². The SMILES string of the molecule is C[C@@H]([C@H]1CC[C@H]2[C@@H]3CC[C@H]4C[C@H](N(C)C(=O)c5ccccc5)CC[C@]4(C)[C@H]3CC[C@]12C)N(C)C. The van der Waals surface area contributed by atoms with E-state index in [1.807, 2.05) is 37.4 Å². The Morgan fingerprint density at radius 1 is 0.882 bits per heavy atom. The van der Waals surface area contributed by atoms with E-state index in [0.717, 1.165) is 35.2 Å². The summed E-state index contributed by atoms with van der Waals surface area (Å²) in [6.07, 6.45) is 12.2. The van der Waals surface area contributed by atoms with E-state index in [4.69, 9.17) is 0 Å². The van der Waals surface area contributed by atoms with Crippen LogP contribution in [0.25, 0.3) is 0 Å². The quantitative estimate of drug-likeness (QED) is 0.493. The number of hydrogen-bond acceptors (Lipinski definition) is 2. The lowest BCUT2D eigenvalue weighted by atomic mass is 9.44. The molecule has 3 heteroatoms. The second-order valence-electron chi connectivity index (χ2n) is 13.3. The van der Waals surface area contributed by atoms with E-state index < -0.39 is 0 Å². The molecule has 4 fully saturated rings. The number of nitrogens with zero attached hydrogens (tertiary/aromatic N) is 2. The van der Waals surface area contributed by atoms with Crippen molar-refractivity contribution < 1.29 is 4.79 Å². The molecule has 1 amide bonds. The van der Waals surface area contributed by atoms with Gasteiger partial charge in [0.15, 0.2) is 0 Å². The van der Waals surface area contributed by atoms with E-state index in [-0.39, 0.29) is 5.91 Å². The highest BCUT2D eigenvalue weighted by Gasteiger charge is 2.61. The first-order valence-electron chi connectivity index (χ1n) is 14.2. The number of fused-ring (bicyclic) bond motifs is 5. The molecule has 0 aliphatic heterocycles. The Balaban J connectivity index is 1.30. The van der Waals surface area contributed by atoms with Crippen LogP contribution in [0.4, 0.5) is 0 Å². The van der Waals surface area contributed by atoms with Crippen molar-refractivity contribution in [1.29, 1.82) is 0 Å². The maximum Gasteiger partial charge on any atom is 0.253 e. The summed E-state index contributed by atoms with van der Waals surface area (Å²) in [7, 11) is 6.60. The van der Waals surface area contributed by atoms with Gasteiger partial charge >= 0.3 is 0 Å². The molecule has 1 aromatic carbocycles. The van der Waals surface area contributed by atoms with Crippen molar-refractivity contribution in [1.82, 2.24) is 9.80 Å². The van der Waals surface area contributed by atoms with Gasteiger partial charge in [-0.25, -0.2) is 0 Å². The fraction of sp³-hybridized carbons (Fsp3) is 0.774. The summed E-state index contributed by atoms with van der Waals surface area (Å²) in [5, 5.41) is 0. The zero-order valence-electron chi connectivity index (χ0n) is 22.6. The molecule has 5 rings (SSSR count). The Bertz CT molecular complexity index is 883. The van der Waals surface area contributed by atoms with Gasteiger partial charge in [-0.2, -0.15) is 0 Å². The Morgan fingerprint density at radius 2 is 1.56 bits per heavy atom. The molecule has 0 spiro atoms. The predicted octanol–water partition coefficient (Wildman–Crippen LogP) is 6.74. The topological polar surface area (TPSA) is 23.6 Å². The second-order valence-corrected chi connectivity index (χ2v) is 13.3. The number of carbonyl (C=O) groups is 1. The summed E-state index contributed by atoms with van der Waals surface area (Å²) in [5.74, 6) is 4.58. The van der Waals surface area contributed by atoms with Gasteiger partial charge in [0.25, 0.3) is 5.91 Å². The van der Waals surface area contributed by atoms with Gasteiger partial charge in [0.05, 0.1) is 0 Å². The normalized spacial score (nSPS) is 42.4. The van der Waals surface area contributed by atoms with Crippen LogP contribution >= 0.6 is 0 Å². The van der Waals surface area contributed by atoms with Crippen LogP contribution in [0.5, 0.6) is 0 Å². The molecule has 9 atom stereocenters. The summed E-state index contributed by atoms with van der Waals surface area (Å²) >= 11 is 0.